The number of aliphatic hydroxyl groups excluding tert-OH is 6. The summed E-state index contributed by atoms with van der Waals surface area (Å²) in [5.74, 6) is -0.390. The molecule has 4 atom stereocenters. The van der Waals surface area contributed by atoms with Crippen LogP contribution in [0.25, 0.3) is 0 Å². The van der Waals surface area contributed by atoms with E-state index in [0.29, 0.717) is 18.5 Å². The highest BCUT2D eigenvalue weighted by Crippen LogP contribution is 2.18. The molecule has 0 radical (unpaired) electrons. The van der Waals surface area contributed by atoms with Crippen LogP contribution in [0, 0.1) is 0 Å². The Morgan fingerprint density at radius 2 is 1.79 bits per heavy atom. The zero-order chi connectivity index (χ0) is 13.7. The van der Waals surface area contributed by atoms with Gasteiger partial charge < -0.3 is 36.0 Å². The number of aliphatic hydroxyl groups is 6. The smallest absolute Gasteiger partial charge is 0.139 e. The molecule has 0 aromatic carbocycles. The topological polar surface area (TPSA) is 133 Å². The minimum absolute atomic E-state index is 0. The van der Waals surface area contributed by atoms with Crippen molar-refractivity contribution in [1.82, 2.24) is 5.32 Å². The van der Waals surface area contributed by atoms with E-state index in [1.165, 1.54) is 0 Å². The SMILES string of the molecule is Cl.OC[C@H](O)[C@@H](O)[C@@H](O)[C@@H](O)/C(O)=C1\CCCNC1. The summed E-state index contributed by atoms with van der Waals surface area (Å²) < 4.78 is 0. The van der Waals surface area contributed by atoms with Gasteiger partial charge >= 0.3 is 0 Å². The second kappa shape index (κ2) is 8.70. The highest BCUT2D eigenvalue weighted by molar-refractivity contribution is 5.85. The minimum Gasteiger partial charge on any atom is -0.509 e. The number of halogens is 1. The highest BCUT2D eigenvalue weighted by Gasteiger charge is 2.33. The van der Waals surface area contributed by atoms with Crippen LogP contribution < -0.4 is 5.32 Å². The predicted molar refractivity (Wildman–Crippen MR) is 70.1 cm³/mol. The van der Waals surface area contributed by atoms with Crippen LogP contribution >= 0.6 is 12.4 Å². The second-order valence-electron chi connectivity index (χ2n) is 4.45. The standard InChI is InChI=1S/C11H21NO6.ClH/c13-5-7(14)9(16)11(18)10(17)8(15)6-2-1-3-12-4-6;/h7,9-18H,1-5H2;1H/b8-6-;/t7-,9+,10-,11+;/m0./s1. The summed E-state index contributed by atoms with van der Waals surface area (Å²) in [4.78, 5) is 0. The molecule has 8 heteroatoms. The van der Waals surface area contributed by atoms with Crippen molar-refractivity contribution in [2.45, 2.75) is 37.3 Å². The Kier molecular flexibility index (Phi) is 8.51. The third-order valence-corrected chi connectivity index (χ3v) is 3.07. The molecule has 0 amide bonds. The minimum atomic E-state index is -1.76. The Labute approximate surface area is 117 Å². The number of rotatable bonds is 5. The molecule has 19 heavy (non-hydrogen) atoms. The third kappa shape index (κ3) is 4.88. The van der Waals surface area contributed by atoms with E-state index in [-0.39, 0.29) is 18.2 Å². The van der Waals surface area contributed by atoms with E-state index in [1.54, 1.807) is 0 Å². The predicted octanol–water partition coefficient (Wildman–Crippen LogP) is -1.96. The summed E-state index contributed by atoms with van der Waals surface area (Å²) in [6.07, 6.45) is -5.34. The largest absolute Gasteiger partial charge is 0.509 e. The number of hydrogen-bond acceptors (Lipinski definition) is 7. The van der Waals surface area contributed by atoms with Gasteiger partial charge in [0.15, 0.2) is 0 Å². The number of piperidine rings is 1. The Balaban J connectivity index is 0.00000324. The molecular formula is C11H22ClNO6. The van der Waals surface area contributed by atoms with E-state index in [4.69, 9.17) is 10.2 Å². The Morgan fingerprint density at radius 1 is 1.16 bits per heavy atom. The van der Waals surface area contributed by atoms with Crippen LogP contribution in [0.3, 0.4) is 0 Å². The fourth-order valence-corrected chi connectivity index (χ4v) is 1.87. The van der Waals surface area contributed by atoms with Crippen LogP contribution in [0.1, 0.15) is 12.8 Å². The summed E-state index contributed by atoms with van der Waals surface area (Å²) in [6, 6.07) is 0. The fourth-order valence-electron chi connectivity index (χ4n) is 1.87. The van der Waals surface area contributed by atoms with Crippen molar-refractivity contribution >= 4 is 12.4 Å². The van der Waals surface area contributed by atoms with Gasteiger partial charge in [-0.3, -0.25) is 0 Å². The summed E-state index contributed by atoms with van der Waals surface area (Å²) in [6.45, 7) is 0.485. The molecule has 7 nitrogen and oxygen atoms in total. The van der Waals surface area contributed by atoms with Crippen molar-refractivity contribution in [3.8, 4) is 0 Å². The van der Waals surface area contributed by atoms with E-state index >= 15 is 0 Å². The number of nitrogens with one attached hydrogen (secondary N) is 1. The summed E-state index contributed by atoms with van der Waals surface area (Å²) in [5, 5.41) is 59.3. The first-order chi connectivity index (χ1) is 8.49. The second-order valence-corrected chi connectivity index (χ2v) is 4.45. The monoisotopic (exact) mass is 299 g/mol. The van der Waals surface area contributed by atoms with Gasteiger partial charge in [-0.05, 0) is 25.0 Å². The average molecular weight is 300 g/mol. The normalized spacial score (nSPS) is 24.9. The van der Waals surface area contributed by atoms with Crippen LogP contribution in [0.4, 0.5) is 0 Å². The molecule has 0 bridgehead atoms. The molecular weight excluding hydrogens is 278 g/mol. The van der Waals surface area contributed by atoms with Gasteiger partial charge in [-0.15, -0.1) is 12.4 Å². The molecule has 0 aliphatic carbocycles. The van der Waals surface area contributed by atoms with Crippen molar-refractivity contribution in [2.24, 2.45) is 0 Å². The Hall–Kier alpha value is -0.410. The molecule has 0 spiro atoms. The first-order valence-electron chi connectivity index (χ1n) is 5.93. The molecule has 0 aromatic rings. The first-order valence-corrected chi connectivity index (χ1v) is 5.93. The van der Waals surface area contributed by atoms with Crippen LogP contribution in [0.15, 0.2) is 11.3 Å². The van der Waals surface area contributed by atoms with Crippen molar-refractivity contribution < 1.29 is 30.6 Å². The Morgan fingerprint density at radius 3 is 2.26 bits per heavy atom. The maximum Gasteiger partial charge on any atom is 0.139 e. The summed E-state index contributed by atoms with van der Waals surface area (Å²) in [5.41, 5.74) is 0.568. The first kappa shape index (κ1) is 18.6. The van der Waals surface area contributed by atoms with E-state index in [9.17, 15) is 20.4 Å². The third-order valence-electron chi connectivity index (χ3n) is 3.07. The maximum atomic E-state index is 9.79. The van der Waals surface area contributed by atoms with Gasteiger partial charge in [0, 0.05) is 6.54 Å². The zero-order valence-corrected chi connectivity index (χ0v) is 11.3. The van der Waals surface area contributed by atoms with Crippen LogP contribution in [-0.2, 0) is 0 Å². The lowest BCUT2D eigenvalue weighted by Gasteiger charge is -2.27. The quantitative estimate of drug-likeness (QED) is 0.293. The summed E-state index contributed by atoms with van der Waals surface area (Å²) >= 11 is 0. The van der Waals surface area contributed by atoms with Gasteiger partial charge in [0.25, 0.3) is 0 Å². The molecule has 0 unspecified atom stereocenters. The van der Waals surface area contributed by atoms with E-state index in [2.05, 4.69) is 5.32 Å². The van der Waals surface area contributed by atoms with Gasteiger partial charge in [-0.25, -0.2) is 0 Å². The van der Waals surface area contributed by atoms with E-state index in [1.807, 2.05) is 0 Å². The van der Waals surface area contributed by atoms with Crippen molar-refractivity contribution in [2.75, 3.05) is 19.7 Å². The van der Waals surface area contributed by atoms with Crippen molar-refractivity contribution in [1.29, 1.82) is 0 Å². The van der Waals surface area contributed by atoms with Crippen molar-refractivity contribution in [3.05, 3.63) is 11.3 Å². The highest BCUT2D eigenvalue weighted by atomic mass is 35.5. The molecule has 1 rings (SSSR count). The molecule has 0 aromatic heterocycles. The van der Waals surface area contributed by atoms with Gasteiger partial charge in [0.05, 0.1) is 6.61 Å². The molecule has 1 heterocycles. The molecule has 114 valence electrons. The maximum absolute atomic E-state index is 9.79. The van der Waals surface area contributed by atoms with Gasteiger partial charge in [-0.2, -0.15) is 0 Å². The fraction of sp³-hybridized carbons (Fsp3) is 0.818. The molecule has 1 fully saturated rings. The number of hydrogen-bond donors (Lipinski definition) is 7. The van der Waals surface area contributed by atoms with E-state index in [0.717, 1.165) is 13.0 Å². The van der Waals surface area contributed by atoms with Crippen LogP contribution in [0.5, 0.6) is 0 Å². The lowest BCUT2D eigenvalue weighted by atomic mass is 9.97. The molecule has 1 aliphatic heterocycles. The average Bonchev–Trinajstić information content (AvgIpc) is 2.44. The molecule has 1 aliphatic rings. The van der Waals surface area contributed by atoms with Gasteiger partial charge in [0.2, 0.25) is 0 Å². The summed E-state index contributed by atoms with van der Waals surface area (Å²) in [7, 11) is 0. The van der Waals surface area contributed by atoms with Gasteiger partial charge in [-0.1, -0.05) is 0 Å². The zero-order valence-electron chi connectivity index (χ0n) is 10.4. The molecule has 7 N–H and O–H groups in total. The van der Waals surface area contributed by atoms with Crippen LogP contribution in [0.2, 0.25) is 0 Å². The molecule has 1 saturated heterocycles. The van der Waals surface area contributed by atoms with Crippen LogP contribution in [-0.4, -0.2) is 74.8 Å². The van der Waals surface area contributed by atoms with E-state index < -0.39 is 31.0 Å². The molecule has 0 saturated carbocycles. The lowest BCUT2D eigenvalue weighted by molar-refractivity contribution is -0.113. The van der Waals surface area contributed by atoms with Crippen molar-refractivity contribution in [3.63, 3.8) is 0 Å². The van der Waals surface area contributed by atoms with Gasteiger partial charge in [0.1, 0.15) is 30.2 Å². The Bertz CT molecular complexity index is 293. The lowest BCUT2D eigenvalue weighted by Crippen LogP contribution is -2.47.